The van der Waals surface area contributed by atoms with Gasteiger partial charge in [-0.3, -0.25) is 9.63 Å². The van der Waals surface area contributed by atoms with Gasteiger partial charge in [-0.05, 0) is 37.9 Å². The molecule has 27 heavy (non-hydrogen) atoms. The Morgan fingerprint density at radius 3 is 2.33 bits per heavy atom. The first-order valence-electron chi connectivity index (χ1n) is 8.39. The van der Waals surface area contributed by atoms with Crippen LogP contribution in [0, 0.1) is 0 Å². The van der Waals surface area contributed by atoms with Gasteiger partial charge in [-0.25, -0.2) is 8.42 Å². The molecule has 7 nitrogen and oxygen atoms in total. The number of nitrogens with zero attached hydrogens (tertiary/aromatic N) is 2. The summed E-state index contributed by atoms with van der Waals surface area (Å²) in [4.78, 5) is 19.5. The molecule has 0 unspecified atom stereocenters. The molecule has 0 spiro atoms. The molecule has 146 valence electrons. The molecule has 0 bridgehead atoms. The number of carbonyl (C=O) groups is 1. The van der Waals surface area contributed by atoms with Crippen LogP contribution in [0.1, 0.15) is 22.0 Å². The number of rotatable bonds is 8. The number of hydrogen-bond acceptors (Lipinski definition) is 5. The maximum Gasteiger partial charge on any atom is 0.264 e. The number of benzene rings is 2. The average molecular weight is 391 g/mol. The first-order chi connectivity index (χ1) is 12.8. The van der Waals surface area contributed by atoms with Gasteiger partial charge in [-0.1, -0.05) is 40.9 Å². The van der Waals surface area contributed by atoms with Crippen molar-refractivity contribution in [2.24, 2.45) is 0 Å². The lowest BCUT2D eigenvalue weighted by molar-refractivity contribution is -0.0258. The van der Waals surface area contributed by atoms with Crippen LogP contribution in [0.2, 0.25) is 0 Å². The second kappa shape index (κ2) is 9.09. The van der Waals surface area contributed by atoms with Crippen LogP contribution >= 0.6 is 0 Å². The van der Waals surface area contributed by atoms with Gasteiger partial charge in [0.05, 0.1) is 18.0 Å². The minimum atomic E-state index is -3.82. The van der Waals surface area contributed by atoms with Gasteiger partial charge in [0.15, 0.2) is 0 Å². The Labute approximate surface area is 160 Å². The molecule has 0 radical (unpaired) electrons. The topological polar surface area (TPSA) is 78.9 Å². The molecule has 0 aliphatic rings. The quantitative estimate of drug-likeness (QED) is 0.696. The van der Waals surface area contributed by atoms with Crippen molar-refractivity contribution >= 4 is 15.9 Å². The molecule has 2 aromatic rings. The molecule has 8 heteroatoms. The lowest BCUT2D eigenvalue weighted by Crippen LogP contribution is -2.35. The number of hydroxylamine groups is 1. The van der Waals surface area contributed by atoms with Crippen molar-refractivity contribution < 1.29 is 18.0 Å². The van der Waals surface area contributed by atoms with Crippen LogP contribution in [-0.2, 0) is 14.9 Å². The molecule has 0 saturated heterocycles. The summed E-state index contributed by atoms with van der Waals surface area (Å²) >= 11 is 0. The Kier molecular flexibility index (Phi) is 7.09. The van der Waals surface area contributed by atoms with Gasteiger partial charge in [-0.2, -0.15) is 0 Å². The van der Waals surface area contributed by atoms with Crippen LogP contribution in [0.25, 0.3) is 0 Å². The lowest BCUT2D eigenvalue weighted by Gasteiger charge is -2.23. The van der Waals surface area contributed by atoms with Gasteiger partial charge in [0.2, 0.25) is 0 Å². The standard InChI is InChI=1S/C19H25N3O4S/c1-21(2)14-18(15-9-6-5-7-10-15)20-19(23)16-11-8-12-17(13-16)27(24,25)22(3)26-4/h5-13,18H,14H2,1-4H3,(H,20,23)/t18-/m1/s1. The van der Waals surface area contributed by atoms with Crippen molar-refractivity contribution in [1.29, 1.82) is 0 Å². The molecule has 2 rings (SSSR count). The highest BCUT2D eigenvalue weighted by molar-refractivity contribution is 7.89. The fourth-order valence-corrected chi connectivity index (χ4v) is 3.59. The second-order valence-electron chi connectivity index (χ2n) is 6.32. The first kappa shape index (κ1) is 21.0. The van der Waals surface area contributed by atoms with Crippen LogP contribution in [0.3, 0.4) is 0 Å². The zero-order chi connectivity index (χ0) is 20.0. The highest BCUT2D eigenvalue weighted by atomic mass is 32.2. The van der Waals surface area contributed by atoms with Crippen LogP contribution in [0.15, 0.2) is 59.5 Å². The smallest absolute Gasteiger partial charge is 0.264 e. The summed E-state index contributed by atoms with van der Waals surface area (Å²) in [6.45, 7) is 0.611. The van der Waals surface area contributed by atoms with E-state index in [1.54, 1.807) is 6.07 Å². The summed E-state index contributed by atoms with van der Waals surface area (Å²) < 4.78 is 25.5. The van der Waals surface area contributed by atoms with Crippen LogP contribution < -0.4 is 5.32 Å². The van der Waals surface area contributed by atoms with Crippen molar-refractivity contribution in [1.82, 2.24) is 14.7 Å². The van der Waals surface area contributed by atoms with Crippen molar-refractivity contribution in [2.45, 2.75) is 10.9 Å². The van der Waals surface area contributed by atoms with E-state index in [9.17, 15) is 13.2 Å². The Hall–Kier alpha value is -2.26. The molecule has 0 saturated carbocycles. The molecule has 0 aliphatic carbocycles. The Morgan fingerprint density at radius 1 is 1.07 bits per heavy atom. The summed E-state index contributed by atoms with van der Waals surface area (Å²) in [6.07, 6.45) is 0. The minimum absolute atomic E-state index is 0.0108. The highest BCUT2D eigenvalue weighted by Crippen LogP contribution is 2.18. The number of likely N-dealkylation sites (N-methyl/N-ethyl adjacent to an activating group) is 1. The van der Waals surface area contributed by atoms with Crippen molar-refractivity contribution in [3.63, 3.8) is 0 Å². The third-order valence-corrected chi connectivity index (χ3v) is 5.72. The normalized spacial score (nSPS) is 13.0. The van der Waals surface area contributed by atoms with Gasteiger partial charge in [0.25, 0.3) is 15.9 Å². The van der Waals surface area contributed by atoms with Crippen LogP contribution in [-0.4, -0.2) is 58.5 Å². The summed E-state index contributed by atoms with van der Waals surface area (Å²) in [5.74, 6) is -0.345. The molecule has 0 aromatic heterocycles. The molecule has 1 amide bonds. The van der Waals surface area contributed by atoms with Crippen molar-refractivity contribution in [2.75, 3.05) is 34.8 Å². The van der Waals surface area contributed by atoms with Gasteiger partial charge in [0, 0.05) is 19.2 Å². The van der Waals surface area contributed by atoms with E-state index in [0.717, 1.165) is 10.0 Å². The number of nitrogens with one attached hydrogen (secondary N) is 1. The largest absolute Gasteiger partial charge is 0.344 e. The third-order valence-electron chi connectivity index (χ3n) is 4.04. The zero-order valence-electron chi connectivity index (χ0n) is 15.9. The van der Waals surface area contributed by atoms with Gasteiger partial charge in [-0.15, -0.1) is 0 Å². The fourth-order valence-electron chi connectivity index (χ4n) is 2.57. The third kappa shape index (κ3) is 5.36. The van der Waals surface area contributed by atoms with E-state index in [0.29, 0.717) is 6.54 Å². The van der Waals surface area contributed by atoms with Crippen LogP contribution in [0.4, 0.5) is 0 Å². The molecular formula is C19H25N3O4S. The molecule has 0 heterocycles. The number of amides is 1. The molecule has 0 fully saturated rings. The highest BCUT2D eigenvalue weighted by Gasteiger charge is 2.23. The van der Waals surface area contributed by atoms with E-state index in [1.165, 1.54) is 32.4 Å². The van der Waals surface area contributed by atoms with E-state index in [1.807, 2.05) is 49.3 Å². The second-order valence-corrected chi connectivity index (χ2v) is 8.26. The van der Waals surface area contributed by atoms with Gasteiger partial charge in [0.1, 0.15) is 0 Å². The van der Waals surface area contributed by atoms with E-state index >= 15 is 0 Å². The Morgan fingerprint density at radius 2 is 1.74 bits per heavy atom. The van der Waals surface area contributed by atoms with E-state index < -0.39 is 10.0 Å². The lowest BCUT2D eigenvalue weighted by atomic mass is 10.1. The maximum atomic E-state index is 12.8. The van der Waals surface area contributed by atoms with Crippen molar-refractivity contribution in [3.05, 3.63) is 65.7 Å². The predicted octanol–water partition coefficient (Wildman–Crippen LogP) is 1.90. The number of hydrogen-bond donors (Lipinski definition) is 1. The fraction of sp³-hybridized carbons (Fsp3) is 0.316. The molecule has 1 N–H and O–H groups in total. The Balaban J connectivity index is 2.27. The van der Waals surface area contributed by atoms with E-state index in [-0.39, 0.29) is 22.4 Å². The Bertz CT molecular complexity index is 870. The van der Waals surface area contributed by atoms with Gasteiger partial charge >= 0.3 is 0 Å². The molecular weight excluding hydrogens is 366 g/mol. The number of carbonyl (C=O) groups excluding carboxylic acids is 1. The SMILES string of the molecule is CON(C)S(=O)(=O)c1cccc(C(=O)N[C@H](CN(C)C)c2ccccc2)c1. The summed E-state index contributed by atoms with van der Waals surface area (Å²) in [5, 5.41) is 2.98. The monoisotopic (exact) mass is 391 g/mol. The van der Waals surface area contributed by atoms with Crippen molar-refractivity contribution in [3.8, 4) is 0 Å². The summed E-state index contributed by atoms with van der Waals surface area (Å²) in [5.41, 5.74) is 1.24. The zero-order valence-corrected chi connectivity index (χ0v) is 16.7. The molecule has 1 atom stereocenters. The maximum absolute atomic E-state index is 12.8. The summed E-state index contributed by atoms with van der Waals surface area (Å²) in [6, 6.07) is 15.3. The average Bonchev–Trinajstić information content (AvgIpc) is 2.67. The summed E-state index contributed by atoms with van der Waals surface area (Å²) in [7, 11) is 2.59. The van der Waals surface area contributed by atoms with Crippen LogP contribution in [0.5, 0.6) is 0 Å². The van der Waals surface area contributed by atoms with Gasteiger partial charge < -0.3 is 10.2 Å². The molecule has 2 aromatic carbocycles. The first-order valence-corrected chi connectivity index (χ1v) is 9.83. The molecule has 0 aliphatic heterocycles. The minimum Gasteiger partial charge on any atom is -0.344 e. The van der Waals surface area contributed by atoms with E-state index in [2.05, 4.69) is 5.32 Å². The number of sulfonamides is 1. The van der Waals surface area contributed by atoms with E-state index in [4.69, 9.17) is 4.84 Å². The predicted molar refractivity (Wildman–Crippen MR) is 104 cm³/mol.